The number of aromatic nitrogens is 1. The Hall–Kier alpha value is -3.23. The molecule has 9 heteroatoms. The Kier molecular flexibility index (Phi) is 5.25. The van der Waals surface area contributed by atoms with E-state index in [4.69, 9.17) is 10.5 Å². The minimum atomic E-state index is -0.692. The first-order valence-electron chi connectivity index (χ1n) is 7.02. The number of anilines is 2. The summed E-state index contributed by atoms with van der Waals surface area (Å²) < 4.78 is 18.0. The lowest BCUT2D eigenvalue weighted by Crippen LogP contribution is -2.32. The average Bonchev–Trinajstić information content (AvgIpc) is 2.54. The van der Waals surface area contributed by atoms with Gasteiger partial charge in [0.05, 0.1) is 18.1 Å². The lowest BCUT2D eigenvalue weighted by Gasteiger charge is -2.21. The molecule has 0 saturated heterocycles. The van der Waals surface area contributed by atoms with E-state index in [-0.39, 0.29) is 30.5 Å². The normalized spacial score (nSPS) is 10.2. The van der Waals surface area contributed by atoms with Gasteiger partial charge in [-0.2, -0.15) is 0 Å². The molecule has 0 atom stereocenters. The Balaban J connectivity index is 2.35. The SMILES string of the molecule is CCOC(=O)N(Cc1ccc(F)cc1)c1ccc([N+](=O)[O-])c(N)n1. The van der Waals surface area contributed by atoms with Gasteiger partial charge in [0.1, 0.15) is 11.6 Å². The van der Waals surface area contributed by atoms with Gasteiger partial charge >= 0.3 is 11.8 Å². The number of hydrogen-bond acceptors (Lipinski definition) is 6. The van der Waals surface area contributed by atoms with E-state index >= 15 is 0 Å². The van der Waals surface area contributed by atoms with Crippen LogP contribution in [0.1, 0.15) is 12.5 Å². The highest BCUT2D eigenvalue weighted by atomic mass is 19.1. The molecule has 2 rings (SSSR count). The number of nitrogens with two attached hydrogens (primary N) is 1. The number of carbonyl (C=O) groups excluding carboxylic acids is 1. The number of carbonyl (C=O) groups is 1. The van der Waals surface area contributed by atoms with Crippen molar-refractivity contribution < 1.29 is 18.8 Å². The van der Waals surface area contributed by atoms with Crippen molar-refractivity contribution in [2.45, 2.75) is 13.5 Å². The highest BCUT2D eigenvalue weighted by molar-refractivity contribution is 5.86. The maximum atomic E-state index is 13.0. The molecular formula is C15H15FN4O4. The molecule has 0 radical (unpaired) electrons. The van der Waals surface area contributed by atoms with Crippen molar-refractivity contribution in [2.24, 2.45) is 0 Å². The van der Waals surface area contributed by atoms with Crippen LogP contribution < -0.4 is 10.6 Å². The quantitative estimate of drug-likeness (QED) is 0.664. The van der Waals surface area contributed by atoms with Crippen molar-refractivity contribution in [3.8, 4) is 0 Å². The third kappa shape index (κ3) is 3.94. The molecule has 0 unspecified atom stereocenters. The van der Waals surface area contributed by atoms with E-state index in [2.05, 4.69) is 4.98 Å². The van der Waals surface area contributed by atoms with Crippen LogP contribution in [0.4, 0.5) is 26.5 Å². The van der Waals surface area contributed by atoms with Gasteiger partial charge in [0.25, 0.3) is 0 Å². The second-order valence-electron chi connectivity index (χ2n) is 4.74. The molecule has 24 heavy (non-hydrogen) atoms. The highest BCUT2D eigenvalue weighted by Crippen LogP contribution is 2.24. The number of nitro groups is 1. The van der Waals surface area contributed by atoms with Gasteiger partial charge in [0.15, 0.2) is 0 Å². The summed E-state index contributed by atoms with van der Waals surface area (Å²) in [4.78, 5) is 27.4. The van der Waals surface area contributed by atoms with Crippen LogP contribution in [0.5, 0.6) is 0 Å². The summed E-state index contributed by atoms with van der Waals surface area (Å²) in [5.74, 6) is -0.620. The van der Waals surface area contributed by atoms with Crippen LogP contribution in [0, 0.1) is 15.9 Å². The molecule has 1 amide bonds. The van der Waals surface area contributed by atoms with Crippen molar-refractivity contribution in [3.05, 3.63) is 57.9 Å². The van der Waals surface area contributed by atoms with Crippen LogP contribution in [0.25, 0.3) is 0 Å². The van der Waals surface area contributed by atoms with Gasteiger partial charge in [0, 0.05) is 6.07 Å². The number of hydrogen-bond donors (Lipinski definition) is 1. The van der Waals surface area contributed by atoms with Gasteiger partial charge in [-0.05, 0) is 30.7 Å². The summed E-state index contributed by atoms with van der Waals surface area (Å²) in [6.07, 6.45) is -0.692. The monoisotopic (exact) mass is 334 g/mol. The number of amides is 1. The molecule has 0 fully saturated rings. The predicted molar refractivity (Wildman–Crippen MR) is 84.9 cm³/mol. The van der Waals surface area contributed by atoms with Gasteiger partial charge in [-0.1, -0.05) is 12.1 Å². The van der Waals surface area contributed by atoms with Gasteiger partial charge in [-0.3, -0.25) is 15.0 Å². The Labute approximate surface area is 136 Å². The summed E-state index contributed by atoms with van der Waals surface area (Å²) in [5.41, 5.74) is 5.84. The summed E-state index contributed by atoms with van der Waals surface area (Å²) in [5, 5.41) is 10.8. The van der Waals surface area contributed by atoms with E-state index in [1.54, 1.807) is 6.92 Å². The first-order valence-corrected chi connectivity index (χ1v) is 7.02. The Morgan fingerprint density at radius 3 is 2.54 bits per heavy atom. The van der Waals surface area contributed by atoms with Gasteiger partial charge < -0.3 is 10.5 Å². The van der Waals surface area contributed by atoms with Gasteiger partial charge in [-0.25, -0.2) is 14.2 Å². The van der Waals surface area contributed by atoms with Crippen molar-refractivity contribution in [2.75, 3.05) is 17.2 Å². The third-order valence-electron chi connectivity index (χ3n) is 3.10. The topological polar surface area (TPSA) is 112 Å². The molecule has 0 aliphatic carbocycles. The standard InChI is InChI=1S/C15H15FN4O4/c1-2-24-15(21)19(9-10-3-5-11(16)6-4-10)13-8-7-12(20(22)23)14(17)18-13/h3-8H,2,9H2,1H3,(H2,17,18). The molecule has 1 aromatic carbocycles. The maximum Gasteiger partial charge on any atom is 0.415 e. The van der Waals surface area contributed by atoms with Crippen LogP contribution >= 0.6 is 0 Å². The molecule has 0 bridgehead atoms. The molecule has 1 aromatic heterocycles. The second kappa shape index (κ2) is 7.36. The zero-order valence-corrected chi connectivity index (χ0v) is 12.8. The van der Waals surface area contributed by atoms with E-state index < -0.39 is 16.8 Å². The highest BCUT2D eigenvalue weighted by Gasteiger charge is 2.22. The molecule has 0 saturated carbocycles. The molecule has 8 nitrogen and oxygen atoms in total. The molecule has 1 heterocycles. The average molecular weight is 334 g/mol. The number of benzene rings is 1. The smallest absolute Gasteiger partial charge is 0.415 e. The zero-order valence-electron chi connectivity index (χ0n) is 12.8. The lowest BCUT2D eigenvalue weighted by molar-refractivity contribution is -0.384. The molecule has 0 aliphatic rings. The first kappa shape index (κ1) is 17.1. The van der Waals surface area contributed by atoms with Crippen LogP contribution in [0.15, 0.2) is 36.4 Å². The summed E-state index contributed by atoms with van der Waals surface area (Å²) >= 11 is 0. The number of ether oxygens (including phenoxy) is 1. The van der Waals surface area contributed by atoms with E-state index in [1.165, 1.54) is 30.3 Å². The third-order valence-corrected chi connectivity index (χ3v) is 3.10. The number of rotatable bonds is 5. The fourth-order valence-corrected chi connectivity index (χ4v) is 1.97. The van der Waals surface area contributed by atoms with Crippen LogP contribution in [-0.4, -0.2) is 22.6 Å². The van der Waals surface area contributed by atoms with Gasteiger partial charge in [-0.15, -0.1) is 0 Å². The number of nitrogens with zero attached hydrogens (tertiary/aromatic N) is 3. The number of pyridine rings is 1. The number of nitrogen functional groups attached to an aromatic ring is 1. The molecular weight excluding hydrogens is 319 g/mol. The first-order chi connectivity index (χ1) is 11.4. The zero-order chi connectivity index (χ0) is 17.7. The largest absolute Gasteiger partial charge is 0.449 e. The van der Waals surface area contributed by atoms with Crippen LogP contribution in [0.2, 0.25) is 0 Å². The fourth-order valence-electron chi connectivity index (χ4n) is 1.97. The Morgan fingerprint density at radius 2 is 2.00 bits per heavy atom. The molecule has 0 spiro atoms. The van der Waals surface area contributed by atoms with E-state index in [0.717, 1.165) is 11.0 Å². The minimum Gasteiger partial charge on any atom is -0.449 e. The second-order valence-corrected chi connectivity index (χ2v) is 4.74. The molecule has 0 aliphatic heterocycles. The molecule has 2 aromatic rings. The fraction of sp³-hybridized carbons (Fsp3) is 0.200. The predicted octanol–water partition coefficient (Wildman–Crippen LogP) is 2.87. The minimum absolute atomic E-state index is 0.0450. The van der Waals surface area contributed by atoms with E-state index in [0.29, 0.717) is 5.56 Å². The lowest BCUT2D eigenvalue weighted by atomic mass is 10.2. The summed E-state index contributed by atoms with van der Waals surface area (Å²) in [7, 11) is 0. The van der Waals surface area contributed by atoms with E-state index in [1.807, 2.05) is 0 Å². The Bertz CT molecular complexity index is 752. The maximum absolute atomic E-state index is 13.0. The van der Waals surface area contributed by atoms with Crippen molar-refractivity contribution in [3.63, 3.8) is 0 Å². The molecule has 126 valence electrons. The van der Waals surface area contributed by atoms with Crippen molar-refractivity contribution >= 4 is 23.4 Å². The number of halogens is 1. The molecule has 2 N–H and O–H groups in total. The van der Waals surface area contributed by atoms with Crippen LogP contribution in [0.3, 0.4) is 0 Å². The van der Waals surface area contributed by atoms with Crippen molar-refractivity contribution in [1.29, 1.82) is 0 Å². The summed E-state index contributed by atoms with van der Waals surface area (Å²) in [6, 6.07) is 8.00. The summed E-state index contributed by atoms with van der Waals surface area (Å²) in [6.45, 7) is 1.83. The van der Waals surface area contributed by atoms with Crippen molar-refractivity contribution in [1.82, 2.24) is 4.98 Å². The Morgan fingerprint density at radius 1 is 1.33 bits per heavy atom. The van der Waals surface area contributed by atoms with Crippen LogP contribution in [-0.2, 0) is 11.3 Å². The van der Waals surface area contributed by atoms with Gasteiger partial charge in [0.2, 0.25) is 5.82 Å². The van der Waals surface area contributed by atoms with E-state index in [9.17, 15) is 19.3 Å².